The van der Waals surface area contributed by atoms with Crippen LogP contribution in [0.3, 0.4) is 0 Å². The molecule has 1 aliphatic rings. The number of anilines is 2. The van der Waals surface area contributed by atoms with E-state index >= 15 is 0 Å². The molecule has 0 saturated carbocycles. The van der Waals surface area contributed by atoms with E-state index in [2.05, 4.69) is 30.5 Å². The molecule has 0 amide bonds. The molecule has 0 saturated heterocycles. The van der Waals surface area contributed by atoms with Gasteiger partial charge in [0.15, 0.2) is 0 Å². The van der Waals surface area contributed by atoms with Crippen LogP contribution in [0.2, 0.25) is 0 Å². The predicted octanol–water partition coefficient (Wildman–Crippen LogP) is 2.95. The first kappa shape index (κ1) is 11.1. The molecule has 2 N–H and O–H groups in total. The molecule has 1 atom stereocenters. The third-order valence-corrected chi connectivity index (χ3v) is 2.97. The fraction of sp³-hybridized carbons (Fsp3) is 0.538. The van der Waals surface area contributed by atoms with Crippen molar-refractivity contribution in [1.29, 1.82) is 0 Å². The minimum absolute atomic E-state index is 0.490. The van der Waals surface area contributed by atoms with Gasteiger partial charge in [-0.3, -0.25) is 0 Å². The number of nitrogens with one attached hydrogen (secondary N) is 2. The zero-order chi connectivity index (χ0) is 11.5. The molecule has 0 aromatic heterocycles. The number of rotatable bonds is 3. The van der Waals surface area contributed by atoms with Crippen molar-refractivity contribution in [2.24, 2.45) is 5.92 Å². The van der Waals surface area contributed by atoms with Crippen molar-refractivity contribution >= 4 is 11.4 Å². The molecular formula is C13H20N2O. The summed E-state index contributed by atoms with van der Waals surface area (Å²) in [5, 5.41) is 7.01. The van der Waals surface area contributed by atoms with Gasteiger partial charge in [0.1, 0.15) is 11.4 Å². The highest BCUT2D eigenvalue weighted by molar-refractivity contribution is 5.77. The number of ether oxygens (including phenoxy) is 1. The van der Waals surface area contributed by atoms with Crippen LogP contribution in [0.25, 0.3) is 0 Å². The van der Waals surface area contributed by atoms with Crippen molar-refractivity contribution < 1.29 is 4.74 Å². The molecule has 0 radical (unpaired) electrons. The van der Waals surface area contributed by atoms with Gasteiger partial charge in [-0.05, 0) is 25.0 Å². The Hall–Kier alpha value is -1.38. The Morgan fingerprint density at radius 1 is 1.44 bits per heavy atom. The van der Waals surface area contributed by atoms with E-state index in [0.717, 1.165) is 23.7 Å². The zero-order valence-corrected chi connectivity index (χ0v) is 10.2. The van der Waals surface area contributed by atoms with Gasteiger partial charge >= 0.3 is 0 Å². The van der Waals surface area contributed by atoms with Crippen molar-refractivity contribution in [3.63, 3.8) is 0 Å². The molecule has 2 rings (SSSR count). The van der Waals surface area contributed by atoms with E-state index in [0.29, 0.717) is 18.6 Å². The quantitative estimate of drug-likeness (QED) is 0.821. The Kier molecular flexibility index (Phi) is 3.22. The Balaban J connectivity index is 2.23. The molecule has 88 valence electrons. The highest BCUT2D eigenvalue weighted by Gasteiger charge is 2.21. The summed E-state index contributed by atoms with van der Waals surface area (Å²) in [4.78, 5) is 0. The topological polar surface area (TPSA) is 33.3 Å². The number of benzene rings is 1. The van der Waals surface area contributed by atoms with Gasteiger partial charge in [0.25, 0.3) is 0 Å². The van der Waals surface area contributed by atoms with Crippen molar-refractivity contribution in [2.75, 3.05) is 23.8 Å². The van der Waals surface area contributed by atoms with Gasteiger partial charge in [0.2, 0.25) is 0 Å². The standard InChI is InChI=1S/C13H20N2O/c1-4-16-12-7-5-6-10-13(12)14-8-11(15-10)9(2)3/h5-7,9,11,14-15H,4,8H2,1-3H3. The van der Waals surface area contributed by atoms with Gasteiger partial charge in [-0.2, -0.15) is 0 Å². The second-order valence-electron chi connectivity index (χ2n) is 4.49. The molecule has 1 unspecified atom stereocenters. The summed E-state index contributed by atoms with van der Waals surface area (Å²) < 4.78 is 5.60. The lowest BCUT2D eigenvalue weighted by Crippen LogP contribution is -2.37. The fourth-order valence-corrected chi connectivity index (χ4v) is 1.97. The van der Waals surface area contributed by atoms with Gasteiger partial charge in [-0.1, -0.05) is 19.9 Å². The maximum atomic E-state index is 5.60. The van der Waals surface area contributed by atoms with Crippen molar-refractivity contribution in [1.82, 2.24) is 0 Å². The summed E-state index contributed by atoms with van der Waals surface area (Å²) in [6.07, 6.45) is 0. The first-order valence-electron chi connectivity index (χ1n) is 5.98. The summed E-state index contributed by atoms with van der Waals surface area (Å²) in [6.45, 7) is 8.13. The highest BCUT2D eigenvalue weighted by atomic mass is 16.5. The van der Waals surface area contributed by atoms with Crippen LogP contribution in [-0.4, -0.2) is 19.2 Å². The van der Waals surface area contributed by atoms with Crippen LogP contribution in [0.1, 0.15) is 20.8 Å². The summed E-state index contributed by atoms with van der Waals surface area (Å²) in [5.74, 6) is 1.56. The third-order valence-electron chi connectivity index (χ3n) is 2.97. The maximum absolute atomic E-state index is 5.60. The summed E-state index contributed by atoms with van der Waals surface area (Å²) >= 11 is 0. The van der Waals surface area contributed by atoms with Crippen LogP contribution in [0.4, 0.5) is 11.4 Å². The lowest BCUT2D eigenvalue weighted by atomic mass is 10.0. The molecular weight excluding hydrogens is 200 g/mol. The molecule has 1 aliphatic heterocycles. The molecule has 1 aromatic carbocycles. The average Bonchev–Trinajstić information content (AvgIpc) is 2.29. The van der Waals surface area contributed by atoms with Crippen LogP contribution in [0, 0.1) is 5.92 Å². The Bertz CT molecular complexity index is 363. The largest absolute Gasteiger partial charge is 0.492 e. The van der Waals surface area contributed by atoms with Gasteiger partial charge < -0.3 is 15.4 Å². The van der Waals surface area contributed by atoms with Crippen molar-refractivity contribution in [3.8, 4) is 5.75 Å². The van der Waals surface area contributed by atoms with Gasteiger partial charge in [0, 0.05) is 12.6 Å². The monoisotopic (exact) mass is 220 g/mol. The van der Waals surface area contributed by atoms with Gasteiger partial charge in [-0.15, -0.1) is 0 Å². The molecule has 0 spiro atoms. The van der Waals surface area contributed by atoms with Crippen molar-refractivity contribution in [2.45, 2.75) is 26.8 Å². The summed E-state index contributed by atoms with van der Waals surface area (Å²) in [7, 11) is 0. The van der Waals surface area contributed by atoms with E-state index in [-0.39, 0.29) is 0 Å². The van der Waals surface area contributed by atoms with Crippen LogP contribution in [0.5, 0.6) is 5.75 Å². The second kappa shape index (κ2) is 4.64. The Morgan fingerprint density at radius 3 is 2.94 bits per heavy atom. The average molecular weight is 220 g/mol. The summed E-state index contributed by atoms with van der Waals surface area (Å²) in [6, 6.07) is 6.62. The van der Waals surface area contributed by atoms with Crippen LogP contribution in [0.15, 0.2) is 18.2 Å². The van der Waals surface area contributed by atoms with E-state index in [1.165, 1.54) is 0 Å². The molecule has 0 bridgehead atoms. The molecule has 0 aliphatic carbocycles. The lowest BCUT2D eigenvalue weighted by molar-refractivity contribution is 0.341. The van der Waals surface area contributed by atoms with E-state index < -0.39 is 0 Å². The van der Waals surface area contributed by atoms with Crippen LogP contribution >= 0.6 is 0 Å². The van der Waals surface area contributed by atoms with E-state index in [1.807, 2.05) is 19.1 Å². The smallest absolute Gasteiger partial charge is 0.144 e. The van der Waals surface area contributed by atoms with Crippen LogP contribution in [-0.2, 0) is 0 Å². The molecule has 1 aromatic rings. The highest BCUT2D eigenvalue weighted by Crippen LogP contribution is 2.36. The fourth-order valence-electron chi connectivity index (χ4n) is 1.97. The predicted molar refractivity (Wildman–Crippen MR) is 68.3 cm³/mol. The number of hydrogen-bond acceptors (Lipinski definition) is 3. The minimum Gasteiger partial charge on any atom is -0.492 e. The normalized spacial score (nSPS) is 18.6. The summed E-state index contributed by atoms with van der Waals surface area (Å²) in [5.41, 5.74) is 2.25. The zero-order valence-electron chi connectivity index (χ0n) is 10.2. The third kappa shape index (κ3) is 2.08. The molecule has 0 fully saturated rings. The second-order valence-corrected chi connectivity index (χ2v) is 4.49. The van der Waals surface area contributed by atoms with Gasteiger partial charge in [-0.25, -0.2) is 0 Å². The molecule has 1 heterocycles. The number of hydrogen-bond donors (Lipinski definition) is 2. The van der Waals surface area contributed by atoms with E-state index in [9.17, 15) is 0 Å². The molecule has 3 nitrogen and oxygen atoms in total. The lowest BCUT2D eigenvalue weighted by Gasteiger charge is -2.31. The maximum Gasteiger partial charge on any atom is 0.144 e. The Labute approximate surface area is 97.2 Å². The van der Waals surface area contributed by atoms with E-state index in [1.54, 1.807) is 0 Å². The number of fused-ring (bicyclic) bond motifs is 1. The van der Waals surface area contributed by atoms with Gasteiger partial charge in [0.05, 0.1) is 12.3 Å². The van der Waals surface area contributed by atoms with Crippen LogP contribution < -0.4 is 15.4 Å². The SMILES string of the molecule is CCOc1cccc2c1NCC(C(C)C)N2. The number of para-hydroxylation sites is 1. The van der Waals surface area contributed by atoms with E-state index in [4.69, 9.17) is 4.74 Å². The minimum atomic E-state index is 0.490. The first-order chi connectivity index (χ1) is 7.72. The first-order valence-corrected chi connectivity index (χ1v) is 5.98. The molecule has 3 heteroatoms. The molecule has 16 heavy (non-hydrogen) atoms. The van der Waals surface area contributed by atoms with Crippen molar-refractivity contribution in [3.05, 3.63) is 18.2 Å². The Morgan fingerprint density at radius 2 is 2.25 bits per heavy atom.